The maximum absolute atomic E-state index is 12.5. The van der Waals surface area contributed by atoms with Crippen LogP contribution in [0.2, 0.25) is 0 Å². The van der Waals surface area contributed by atoms with Gasteiger partial charge in [0.05, 0.1) is 12.2 Å². The molecule has 1 saturated heterocycles. The molecule has 1 aromatic heterocycles. The van der Waals surface area contributed by atoms with Crippen molar-refractivity contribution in [2.45, 2.75) is 33.0 Å². The molecule has 0 saturated carbocycles. The monoisotopic (exact) mass is 339 g/mol. The van der Waals surface area contributed by atoms with Gasteiger partial charge in [0.2, 0.25) is 0 Å². The highest BCUT2D eigenvalue weighted by Gasteiger charge is 2.27. The van der Waals surface area contributed by atoms with Gasteiger partial charge in [-0.25, -0.2) is 14.8 Å². The number of aryl methyl sites for hydroxylation is 1. The molecule has 1 aliphatic heterocycles. The molecule has 6 nitrogen and oxygen atoms in total. The molecule has 25 heavy (non-hydrogen) atoms. The molecule has 1 aliphatic rings. The van der Waals surface area contributed by atoms with Crippen molar-refractivity contribution in [1.82, 2.24) is 25.1 Å². The van der Waals surface area contributed by atoms with Crippen LogP contribution in [0.25, 0.3) is 0 Å². The minimum absolute atomic E-state index is 0.0249. The van der Waals surface area contributed by atoms with Crippen molar-refractivity contribution in [2.24, 2.45) is 0 Å². The first-order valence-electron chi connectivity index (χ1n) is 8.71. The molecule has 3 rings (SSSR count). The third kappa shape index (κ3) is 4.76. The van der Waals surface area contributed by atoms with Gasteiger partial charge in [-0.1, -0.05) is 30.3 Å². The Morgan fingerprint density at radius 1 is 1.24 bits per heavy atom. The fourth-order valence-electron chi connectivity index (χ4n) is 3.19. The zero-order chi connectivity index (χ0) is 17.6. The fraction of sp³-hybridized carbons (Fsp3) is 0.421. The molecule has 2 amide bonds. The molecule has 0 radical (unpaired) electrons. The van der Waals surface area contributed by atoms with E-state index < -0.39 is 0 Å². The first-order chi connectivity index (χ1) is 12.1. The van der Waals surface area contributed by atoms with Crippen LogP contribution in [-0.2, 0) is 13.1 Å². The van der Waals surface area contributed by atoms with E-state index in [0.717, 1.165) is 37.7 Å². The molecule has 1 atom stereocenters. The Morgan fingerprint density at radius 2 is 2.04 bits per heavy atom. The SMILES string of the molecule is Cc1nccc(CNC(=O)N2CCN(Cc3ccccc3)C[C@H]2C)n1. The molecule has 0 aliphatic carbocycles. The number of aromatic nitrogens is 2. The van der Waals surface area contributed by atoms with E-state index in [0.29, 0.717) is 6.54 Å². The van der Waals surface area contributed by atoms with E-state index in [9.17, 15) is 4.79 Å². The van der Waals surface area contributed by atoms with Crippen LogP contribution in [-0.4, -0.2) is 51.5 Å². The Morgan fingerprint density at radius 3 is 2.76 bits per heavy atom. The number of nitrogens with one attached hydrogen (secondary N) is 1. The number of carbonyl (C=O) groups is 1. The number of benzene rings is 1. The number of hydrogen-bond acceptors (Lipinski definition) is 4. The molecular weight excluding hydrogens is 314 g/mol. The Kier molecular flexibility index (Phi) is 5.60. The second-order valence-corrected chi connectivity index (χ2v) is 6.52. The van der Waals surface area contributed by atoms with Gasteiger partial charge in [-0.15, -0.1) is 0 Å². The van der Waals surface area contributed by atoms with Crippen LogP contribution >= 0.6 is 0 Å². The lowest BCUT2D eigenvalue weighted by Gasteiger charge is -2.39. The Hall–Kier alpha value is -2.47. The van der Waals surface area contributed by atoms with Gasteiger partial charge in [0, 0.05) is 38.4 Å². The molecule has 132 valence electrons. The number of carbonyl (C=O) groups excluding carboxylic acids is 1. The summed E-state index contributed by atoms with van der Waals surface area (Å²) < 4.78 is 0. The third-order valence-corrected chi connectivity index (χ3v) is 4.48. The summed E-state index contributed by atoms with van der Waals surface area (Å²) >= 11 is 0. The van der Waals surface area contributed by atoms with Gasteiger partial charge < -0.3 is 10.2 Å². The standard InChI is InChI=1S/C19H25N5O/c1-15-13-23(14-17-6-4-3-5-7-17)10-11-24(15)19(25)21-12-18-8-9-20-16(2)22-18/h3-9,15H,10-14H2,1-2H3,(H,21,25)/t15-/m1/s1. The van der Waals surface area contributed by atoms with E-state index in [1.807, 2.05) is 24.0 Å². The molecule has 0 spiro atoms. The van der Waals surface area contributed by atoms with Crippen LogP contribution in [0.15, 0.2) is 42.6 Å². The van der Waals surface area contributed by atoms with E-state index in [1.165, 1.54) is 5.56 Å². The van der Waals surface area contributed by atoms with Crippen LogP contribution in [0, 0.1) is 6.92 Å². The summed E-state index contributed by atoms with van der Waals surface area (Å²) in [5.74, 6) is 0.717. The molecule has 2 aromatic rings. The van der Waals surface area contributed by atoms with Crippen molar-refractivity contribution in [2.75, 3.05) is 19.6 Å². The summed E-state index contributed by atoms with van der Waals surface area (Å²) in [6.07, 6.45) is 1.72. The molecule has 2 heterocycles. The summed E-state index contributed by atoms with van der Waals surface area (Å²) in [6.45, 7) is 7.82. The second kappa shape index (κ2) is 8.07. The Labute approximate surface area is 148 Å². The van der Waals surface area contributed by atoms with Crippen molar-refractivity contribution in [3.05, 3.63) is 59.7 Å². The maximum atomic E-state index is 12.5. The van der Waals surface area contributed by atoms with Crippen LogP contribution in [0.4, 0.5) is 4.79 Å². The zero-order valence-corrected chi connectivity index (χ0v) is 14.9. The molecular formula is C19H25N5O. The smallest absolute Gasteiger partial charge is 0.318 e. The second-order valence-electron chi connectivity index (χ2n) is 6.52. The number of rotatable bonds is 4. The number of nitrogens with zero attached hydrogens (tertiary/aromatic N) is 4. The highest BCUT2D eigenvalue weighted by atomic mass is 16.2. The van der Waals surface area contributed by atoms with Crippen LogP contribution < -0.4 is 5.32 Å². The summed E-state index contributed by atoms with van der Waals surface area (Å²) in [4.78, 5) is 25.2. The summed E-state index contributed by atoms with van der Waals surface area (Å²) in [7, 11) is 0. The van der Waals surface area contributed by atoms with Gasteiger partial charge in [-0.05, 0) is 25.5 Å². The maximum Gasteiger partial charge on any atom is 0.318 e. The van der Waals surface area contributed by atoms with Crippen molar-refractivity contribution in [3.8, 4) is 0 Å². The van der Waals surface area contributed by atoms with E-state index in [4.69, 9.17) is 0 Å². The predicted molar refractivity (Wildman–Crippen MR) is 96.9 cm³/mol. The van der Waals surface area contributed by atoms with Gasteiger partial charge in [0.25, 0.3) is 0 Å². The average Bonchev–Trinajstić information content (AvgIpc) is 2.61. The first kappa shape index (κ1) is 17.4. The van der Waals surface area contributed by atoms with Crippen molar-refractivity contribution < 1.29 is 4.79 Å². The number of piperazine rings is 1. The lowest BCUT2D eigenvalue weighted by Crippen LogP contribution is -2.56. The minimum Gasteiger partial charge on any atom is -0.332 e. The molecule has 1 N–H and O–H groups in total. The third-order valence-electron chi connectivity index (χ3n) is 4.48. The summed E-state index contributed by atoms with van der Waals surface area (Å²) in [5.41, 5.74) is 2.14. The number of hydrogen-bond donors (Lipinski definition) is 1. The lowest BCUT2D eigenvalue weighted by atomic mass is 10.1. The topological polar surface area (TPSA) is 61.4 Å². The molecule has 1 fully saturated rings. The summed E-state index contributed by atoms with van der Waals surface area (Å²) in [5, 5.41) is 2.97. The van der Waals surface area contributed by atoms with Gasteiger partial charge in [-0.2, -0.15) is 0 Å². The lowest BCUT2D eigenvalue weighted by molar-refractivity contribution is 0.0973. The average molecular weight is 339 g/mol. The van der Waals surface area contributed by atoms with E-state index in [-0.39, 0.29) is 12.1 Å². The fourth-order valence-corrected chi connectivity index (χ4v) is 3.19. The largest absolute Gasteiger partial charge is 0.332 e. The first-order valence-corrected chi connectivity index (χ1v) is 8.71. The normalized spacial score (nSPS) is 18.2. The van der Waals surface area contributed by atoms with E-state index in [1.54, 1.807) is 6.20 Å². The number of amides is 2. The Bertz CT molecular complexity index is 706. The highest BCUT2D eigenvalue weighted by molar-refractivity contribution is 5.74. The minimum atomic E-state index is -0.0249. The number of urea groups is 1. The van der Waals surface area contributed by atoms with Gasteiger partial charge in [0.1, 0.15) is 5.82 Å². The molecule has 1 aromatic carbocycles. The van der Waals surface area contributed by atoms with Crippen molar-refractivity contribution in [1.29, 1.82) is 0 Å². The zero-order valence-electron chi connectivity index (χ0n) is 14.9. The van der Waals surface area contributed by atoms with Gasteiger partial charge in [0.15, 0.2) is 0 Å². The van der Waals surface area contributed by atoms with Gasteiger partial charge in [-0.3, -0.25) is 4.90 Å². The molecule has 0 unspecified atom stereocenters. The van der Waals surface area contributed by atoms with E-state index in [2.05, 4.69) is 51.4 Å². The van der Waals surface area contributed by atoms with Crippen molar-refractivity contribution >= 4 is 6.03 Å². The van der Waals surface area contributed by atoms with Gasteiger partial charge >= 0.3 is 6.03 Å². The van der Waals surface area contributed by atoms with E-state index >= 15 is 0 Å². The quantitative estimate of drug-likeness (QED) is 0.928. The highest BCUT2D eigenvalue weighted by Crippen LogP contribution is 2.13. The Balaban J connectivity index is 1.49. The van der Waals surface area contributed by atoms with Crippen LogP contribution in [0.5, 0.6) is 0 Å². The predicted octanol–water partition coefficient (Wildman–Crippen LogP) is 2.20. The van der Waals surface area contributed by atoms with Crippen molar-refractivity contribution in [3.63, 3.8) is 0 Å². The van der Waals surface area contributed by atoms with Crippen LogP contribution in [0.3, 0.4) is 0 Å². The summed E-state index contributed by atoms with van der Waals surface area (Å²) in [6, 6.07) is 12.4. The molecule has 0 bridgehead atoms. The van der Waals surface area contributed by atoms with Crippen LogP contribution in [0.1, 0.15) is 24.0 Å². The molecule has 6 heteroatoms.